The van der Waals surface area contributed by atoms with Gasteiger partial charge in [0.2, 0.25) is 0 Å². The molecular weight excluding hydrogens is 247 g/mol. The van der Waals surface area contributed by atoms with Crippen molar-refractivity contribution >= 4 is 6.03 Å². The number of pyridine rings is 1. The predicted molar refractivity (Wildman–Crippen MR) is 60.0 cm³/mol. The van der Waals surface area contributed by atoms with Crippen LogP contribution in [0, 0.1) is 0 Å². The second-order valence-electron chi connectivity index (χ2n) is 3.77. The molecule has 0 spiro atoms. The first-order valence-electron chi connectivity index (χ1n) is 5.34. The Hall–Kier alpha value is -1.79. The molecule has 1 aromatic rings. The number of nitrogens with zero attached hydrogens (tertiary/aromatic N) is 2. The fourth-order valence-corrected chi connectivity index (χ4v) is 1.24. The van der Waals surface area contributed by atoms with Gasteiger partial charge in [-0.15, -0.1) is 0 Å². The molecule has 0 aliphatic rings. The number of carbonyl (C=O) groups is 1. The van der Waals surface area contributed by atoms with Crippen molar-refractivity contribution in [3.8, 4) is 0 Å². The highest BCUT2D eigenvalue weighted by atomic mass is 19.4. The minimum atomic E-state index is -4.39. The summed E-state index contributed by atoms with van der Waals surface area (Å²) < 4.78 is 35.7. The van der Waals surface area contributed by atoms with Gasteiger partial charge < -0.3 is 10.2 Å². The van der Waals surface area contributed by atoms with Crippen molar-refractivity contribution in [3.05, 3.63) is 30.1 Å². The van der Waals surface area contributed by atoms with Gasteiger partial charge in [-0.2, -0.15) is 13.2 Å². The maximum Gasteiger partial charge on any atom is 0.405 e. The van der Waals surface area contributed by atoms with Gasteiger partial charge in [-0.1, -0.05) is 6.07 Å². The second kappa shape index (κ2) is 6.23. The average Bonchev–Trinajstić information content (AvgIpc) is 2.33. The number of urea groups is 1. The molecule has 0 aliphatic heterocycles. The highest BCUT2D eigenvalue weighted by Crippen LogP contribution is 2.12. The van der Waals surface area contributed by atoms with Gasteiger partial charge in [0.25, 0.3) is 0 Å². The van der Waals surface area contributed by atoms with E-state index in [9.17, 15) is 18.0 Å². The fraction of sp³-hybridized carbons (Fsp3) is 0.455. The standard InChI is InChI=1S/C11H14F3N3O/c1-17(10(18)16-8-11(12,13)14)7-5-9-4-2-3-6-15-9/h2-4,6H,5,7-8H2,1H3,(H,16,18). The molecule has 1 N–H and O–H groups in total. The molecule has 7 heteroatoms. The van der Waals surface area contributed by atoms with E-state index >= 15 is 0 Å². The summed E-state index contributed by atoms with van der Waals surface area (Å²) in [6.45, 7) is -1.01. The van der Waals surface area contributed by atoms with E-state index in [4.69, 9.17) is 0 Å². The lowest BCUT2D eigenvalue weighted by molar-refractivity contribution is -0.123. The number of amides is 2. The summed E-state index contributed by atoms with van der Waals surface area (Å²) in [6, 6.07) is 4.62. The molecule has 2 amide bonds. The van der Waals surface area contributed by atoms with Crippen molar-refractivity contribution in [2.24, 2.45) is 0 Å². The number of aromatic nitrogens is 1. The average molecular weight is 261 g/mol. The van der Waals surface area contributed by atoms with E-state index in [1.807, 2.05) is 6.07 Å². The quantitative estimate of drug-likeness (QED) is 0.898. The molecule has 4 nitrogen and oxygen atoms in total. The first-order chi connectivity index (χ1) is 8.38. The Morgan fingerprint density at radius 2 is 2.17 bits per heavy atom. The summed E-state index contributed by atoms with van der Waals surface area (Å²) in [7, 11) is 1.44. The smallest absolute Gasteiger partial charge is 0.329 e. The van der Waals surface area contributed by atoms with Crippen molar-refractivity contribution in [2.45, 2.75) is 12.6 Å². The number of hydrogen-bond acceptors (Lipinski definition) is 2. The van der Waals surface area contributed by atoms with Crippen LogP contribution in [-0.4, -0.2) is 42.2 Å². The lowest BCUT2D eigenvalue weighted by Gasteiger charge is -2.18. The number of nitrogens with one attached hydrogen (secondary N) is 1. The van der Waals surface area contributed by atoms with E-state index in [-0.39, 0.29) is 0 Å². The summed E-state index contributed by atoms with van der Waals surface area (Å²) in [5.74, 6) is 0. The summed E-state index contributed by atoms with van der Waals surface area (Å²) in [5.41, 5.74) is 0.785. The summed E-state index contributed by atoms with van der Waals surface area (Å²) in [4.78, 5) is 16.6. The Balaban J connectivity index is 2.32. The van der Waals surface area contributed by atoms with Crippen LogP contribution in [0.1, 0.15) is 5.69 Å². The van der Waals surface area contributed by atoms with Gasteiger partial charge in [-0.25, -0.2) is 4.79 Å². The van der Waals surface area contributed by atoms with Crippen LogP contribution in [0.2, 0.25) is 0 Å². The van der Waals surface area contributed by atoms with E-state index in [1.54, 1.807) is 23.6 Å². The van der Waals surface area contributed by atoms with Crippen LogP contribution in [0.25, 0.3) is 0 Å². The molecule has 0 atom stereocenters. The third-order valence-corrected chi connectivity index (χ3v) is 2.22. The largest absolute Gasteiger partial charge is 0.405 e. The first-order valence-corrected chi connectivity index (χ1v) is 5.34. The minimum absolute atomic E-state index is 0.306. The molecule has 0 saturated heterocycles. The molecule has 18 heavy (non-hydrogen) atoms. The van der Waals surface area contributed by atoms with Crippen LogP contribution >= 0.6 is 0 Å². The summed E-state index contributed by atoms with van der Waals surface area (Å²) in [6.07, 6.45) is -2.27. The van der Waals surface area contributed by atoms with Gasteiger partial charge in [0.1, 0.15) is 6.54 Å². The first kappa shape index (κ1) is 14.3. The highest BCUT2D eigenvalue weighted by molar-refractivity contribution is 5.73. The van der Waals surface area contributed by atoms with Gasteiger partial charge in [-0.3, -0.25) is 4.98 Å². The monoisotopic (exact) mass is 261 g/mol. The van der Waals surface area contributed by atoms with Crippen LogP contribution in [-0.2, 0) is 6.42 Å². The maximum atomic E-state index is 11.9. The SMILES string of the molecule is CN(CCc1ccccn1)C(=O)NCC(F)(F)F. The van der Waals surface area contributed by atoms with Crippen molar-refractivity contribution in [1.29, 1.82) is 0 Å². The topological polar surface area (TPSA) is 45.2 Å². The van der Waals surface area contributed by atoms with Crippen LogP contribution in [0.5, 0.6) is 0 Å². The zero-order valence-electron chi connectivity index (χ0n) is 9.87. The molecular formula is C11H14F3N3O. The van der Waals surface area contributed by atoms with Crippen molar-refractivity contribution in [2.75, 3.05) is 20.1 Å². The Labute approximate surface area is 103 Å². The molecule has 1 rings (SSSR count). The number of likely N-dealkylation sites (N-methyl/N-ethyl adjacent to an activating group) is 1. The maximum absolute atomic E-state index is 11.9. The number of halogens is 3. The number of alkyl halides is 3. The molecule has 0 saturated carbocycles. The van der Waals surface area contributed by atoms with Crippen LogP contribution in [0.4, 0.5) is 18.0 Å². The van der Waals surface area contributed by atoms with Gasteiger partial charge >= 0.3 is 12.2 Å². The van der Waals surface area contributed by atoms with Gasteiger partial charge in [-0.05, 0) is 12.1 Å². The lowest BCUT2D eigenvalue weighted by Crippen LogP contribution is -2.42. The molecule has 0 radical (unpaired) electrons. The molecule has 0 fully saturated rings. The molecule has 0 bridgehead atoms. The van der Waals surface area contributed by atoms with E-state index in [1.165, 1.54) is 11.9 Å². The number of rotatable bonds is 4. The second-order valence-corrected chi connectivity index (χ2v) is 3.77. The van der Waals surface area contributed by atoms with Crippen LogP contribution < -0.4 is 5.32 Å². The van der Waals surface area contributed by atoms with Gasteiger partial charge in [0.05, 0.1) is 0 Å². The Bertz CT molecular complexity index is 381. The molecule has 0 aliphatic carbocycles. The highest BCUT2D eigenvalue weighted by Gasteiger charge is 2.28. The molecule has 0 unspecified atom stereocenters. The Morgan fingerprint density at radius 1 is 1.44 bits per heavy atom. The van der Waals surface area contributed by atoms with Crippen molar-refractivity contribution < 1.29 is 18.0 Å². The molecule has 1 aromatic heterocycles. The van der Waals surface area contributed by atoms with Crippen LogP contribution in [0.3, 0.4) is 0 Å². The molecule has 100 valence electrons. The predicted octanol–water partition coefficient (Wildman–Crippen LogP) is 1.83. The van der Waals surface area contributed by atoms with E-state index in [0.29, 0.717) is 13.0 Å². The zero-order chi connectivity index (χ0) is 13.6. The van der Waals surface area contributed by atoms with Gasteiger partial charge in [0, 0.05) is 31.9 Å². The fourth-order valence-electron chi connectivity index (χ4n) is 1.24. The normalized spacial score (nSPS) is 11.1. The molecule has 1 heterocycles. The van der Waals surface area contributed by atoms with Crippen LogP contribution in [0.15, 0.2) is 24.4 Å². The van der Waals surface area contributed by atoms with Crippen molar-refractivity contribution in [1.82, 2.24) is 15.2 Å². The van der Waals surface area contributed by atoms with Gasteiger partial charge in [0.15, 0.2) is 0 Å². The van der Waals surface area contributed by atoms with E-state index < -0.39 is 18.8 Å². The number of carbonyl (C=O) groups excluding carboxylic acids is 1. The number of hydrogen-bond donors (Lipinski definition) is 1. The summed E-state index contributed by atoms with van der Waals surface area (Å²) >= 11 is 0. The van der Waals surface area contributed by atoms with Crippen molar-refractivity contribution in [3.63, 3.8) is 0 Å². The lowest BCUT2D eigenvalue weighted by atomic mass is 10.2. The third-order valence-electron chi connectivity index (χ3n) is 2.22. The zero-order valence-corrected chi connectivity index (χ0v) is 9.87. The van der Waals surface area contributed by atoms with E-state index in [2.05, 4.69) is 4.98 Å². The summed E-state index contributed by atoms with van der Waals surface area (Å²) in [5, 5.41) is 1.80. The van der Waals surface area contributed by atoms with E-state index in [0.717, 1.165) is 5.69 Å². The third kappa shape index (κ3) is 5.51. The minimum Gasteiger partial charge on any atom is -0.329 e. The Kier molecular flexibility index (Phi) is 4.94. The Morgan fingerprint density at radius 3 is 2.72 bits per heavy atom. The molecule has 0 aromatic carbocycles.